The number of rotatable bonds is 12. The van der Waals surface area contributed by atoms with Crippen molar-refractivity contribution >= 4 is 17.0 Å². The summed E-state index contributed by atoms with van der Waals surface area (Å²) in [6.07, 6.45) is 0.306. The SMILES string of the molecule is O=C(O)N(C1CN2CCC1CC2)[C@@H](c1ccccc1)c1cccc(OCc2ccc(CNCC(O)c3ccc(O)c4[nH]c(=O)ccc34)cc2)c1. The van der Waals surface area contributed by atoms with E-state index in [1.54, 1.807) is 17.0 Å². The Labute approximate surface area is 290 Å². The number of phenols is 1. The Bertz CT molecular complexity index is 1990. The number of hydrogen-bond donors (Lipinski definition) is 5. The van der Waals surface area contributed by atoms with Gasteiger partial charge in [0, 0.05) is 31.1 Å². The minimum absolute atomic E-state index is 0.0424. The zero-order chi connectivity index (χ0) is 34.6. The number of amides is 1. The predicted octanol–water partition coefficient (Wildman–Crippen LogP) is 5.80. The monoisotopic (exact) mass is 674 g/mol. The molecular weight excluding hydrogens is 632 g/mol. The molecule has 8 rings (SSSR count). The Kier molecular flexibility index (Phi) is 9.84. The van der Waals surface area contributed by atoms with Gasteiger partial charge in [0.05, 0.1) is 23.7 Å². The van der Waals surface area contributed by atoms with Gasteiger partial charge >= 0.3 is 6.09 Å². The van der Waals surface area contributed by atoms with E-state index >= 15 is 0 Å². The van der Waals surface area contributed by atoms with E-state index in [4.69, 9.17) is 4.74 Å². The first kappa shape index (κ1) is 33.3. The summed E-state index contributed by atoms with van der Waals surface area (Å²) < 4.78 is 6.24. The van der Waals surface area contributed by atoms with Crippen LogP contribution >= 0.6 is 0 Å². The normalized spacial score (nSPS) is 19.6. The number of aliphatic hydroxyl groups excluding tert-OH is 1. The van der Waals surface area contributed by atoms with E-state index in [-0.39, 0.29) is 23.9 Å². The van der Waals surface area contributed by atoms with Crippen LogP contribution in [0.3, 0.4) is 0 Å². The van der Waals surface area contributed by atoms with E-state index in [9.17, 15) is 24.9 Å². The molecule has 5 aromatic rings. The Morgan fingerprint density at radius 1 is 0.920 bits per heavy atom. The molecule has 2 bridgehead atoms. The summed E-state index contributed by atoms with van der Waals surface area (Å²) in [5, 5.41) is 35.5. The lowest BCUT2D eigenvalue weighted by Gasteiger charge is -2.50. The van der Waals surface area contributed by atoms with Gasteiger partial charge in [0.1, 0.15) is 18.1 Å². The number of carboxylic acid groups (broad SMARTS) is 1. The van der Waals surface area contributed by atoms with Gasteiger partial charge in [0.15, 0.2) is 0 Å². The molecule has 3 fully saturated rings. The van der Waals surface area contributed by atoms with Crippen LogP contribution in [-0.4, -0.2) is 68.4 Å². The fraction of sp³-hybridized carbons (Fsp3) is 0.300. The third-order valence-electron chi connectivity index (χ3n) is 10.1. The highest BCUT2D eigenvalue weighted by molar-refractivity contribution is 5.87. The molecule has 0 spiro atoms. The van der Waals surface area contributed by atoms with Crippen molar-refractivity contribution in [2.24, 2.45) is 5.92 Å². The van der Waals surface area contributed by atoms with E-state index in [2.05, 4.69) is 15.2 Å². The fourth-order valence-electron chi connectivity index (χ4n) is 7.55. The Morgan fingerprint density at radius 3 is 2.38 bits per heavy atom. The van der Waals surface area contributed by atoms with Crippen LogP contribution < -0.4 is 15.6 Å². The summed E-state index contributed by atoms with van der Waals surface area (Å²) in [6.45, 7) is 4.01. The number of phenolic OH excluding ortho intramolecular Hbond substituents is 1. The average molecular weight is 675 g/mol. The van der Waals surface area contributed by atoms with Crippen molar-refractivity contribution in [2.75, 3.05) is 26.2 Å². The van der Waals surface area contributed by atoms with Gasteiger partial charge in [-0.25, -0.2) is 4.79 Å². The second kappa shape index (κ2) is 14.8. The Morgan fingerprint density at radius 2 is 1.66 bits per heavy atom. The van der Waals surface area contributed by atoms with Gasteiger partial charge in [0.2, 0.25) is 5.56 Å². The minimum atomic E-state index is -0.903. The summed E-state index contributed by atoms with van der Waals surface area (Å²) >= 11 is 0. The van der Waals surface area contributed by atoms with Crippen LogP contribution in [0.2, 0.25) is 0 Å². The molecule has 3 atom stereocenters. The molecule has 4 aromatic carbocycles. The van der Waals surface area contributed by atoms with Crippen LogP contribution in [0.4, 0.5) is 4.79 Å². The summed E-state index contributed by atoms with van der Waals surface area (Å²) in [5.41, 5.74) is 4.44. The van der Waals surface area contributed by atoms with E-state index in [1.165, 1.54) is 12.1 Å². The molecule has 0 radical (unpaired) electrons. The van der Waals surface area contributed by atoms with Crippen LogP contribution in [0.1, 0.15) is 52.8 Å². The smallest absolute Gasteiger partial charge is 0.408 e. The fourth-order valence-corrected chi connectivity index (χ4v) is 7.55. The standard InChI is InChI=1S/C40H42N4O6/c45-35-15-13-32(33-14-16-37(47)42-38(33)35)36(46)23-41-22-26-9-11-27(12-10-26)25-50-31-8-4-7-30(21-31)39(29-5-2-1-3-6-29)44(40(48)49)34-24-43-19-17-28(34)18-20-43/h1-16,21,28,34,36,39,41,45-46H,17-20,22-25H2,(H,42,47)(H,48,49)/t34?,36?,39-/m0/s1. The van der Waals surface area contributed by atoms with Crippen molar-refractivity contribution in [3.8, 4) is 11.5 Å². The highest BCUT2D eigenvalue weighted by atomic mass is 16.5. The summed E-state index contributed by atoms with van der Waals surface area (Å²) in [4.78, 5) is 31.4. The molecular formula is C40H42N4O6. The molecule has 1 amide bonds. The quantitative estimate of drug-likeness (QED) is 0.112. The molecule has 2 unspecified atom stereocenters. The molecule has 0 aliphatic carbocycles. The first-order valence-corrected chi connectivity index (χ1v) is 17.2. The van der Waals surface area contributed by atoms with Crippen molar-refractivity contribution in [2.45, 2.75) is 44.2 Å². The number of ether oxygens (including phenoxy) is 1. The topological polar surface area (TPSA) is 138 Å². The van der Waals surface area contributed by atoms with Crippen LogP contribution in [0.25, 0.3) is 10.9 Å². The van der Waals surface area contributed by atoms with E-state index < -0.39 is 18.2 Å². The number of aliphatic hydroxyl groups is 1. The maximum atomic E-state index is 13.0. The third kappa shape index (κ3) is 7.23. The van der Waals surface area contributed by atoms with Crippen molar-refractivity contribution in [1.29, 1.82) is 0 Å². The van der Waals surface area contributed by atoms with Crippen molar-refractivity contribution in [1.82, 2.24) is 20.1 Å². The van der Waals surface area contributed by atoms with Gasteiger partial charge in [-0.05, 0) is 83.9 Å². The molecule has 1 aromatic heterocycles. The van der Waals surface area contributed by atoms with Crippen LogP contribution in [0.15, 0.2) is 108 Å². The molecule has 10 heteroatoms. The van der Waals surface area contributed by atoms with Crippen LogP contribution in [0.5, 0.6) is 11.5 Å². The molecule has 3 aliphatic heterocycles. The predicted molar refractivity (Wildman–Crippen MR) is 191 cm³/mol. The first-order valence-electron chi connectivity index (χ1n) is 17.2. The summed E-state index contributed by atoms with van der Waals surface area (Å²) in [6, 6.07) is 31.3. The lowest BCUT2D eigenvalue weighted by molar-refractivity contribution is -0.000812. The minimum Gasteiger partial charge on any atom is -0.506 e. The van der Waals surface area contributed by atoms with Gasteiger partial charge in [0.25, 0.3) is 0 Å². The number of nitrogens with one attached hydrogen (secondary N) is 2. The summed E-state index contributed by atoms with van der Waals surface area (Å²) in [7, 11) is 0. The molecule has 3 saturated heterocycles. The van der Waals surface area contributed by atoms with Crippen molar-refractivity contribution < 1.29 is 24.9 Å². The number of piperidine rings is 3. The number of hydrogen-bond acceptors (Lipinski definition) is 7. The molecule has 3 aliphatic rings. The Hall–Kier alpha value is -5.16. The molecule has 5 N–H and O–H groups in total. The zero-order valence-electron chi connectivity index (χ0n) is 27.7. The molecule has 4 heterocycles. The second-order valence-electron chi connectivity index (χ2n) is 13.3. The third-order valence-corrected chi connectivity index (χ3v) is 10.1. The lowest BCUT2D eigenvalue weighted by atomic mass is 9.81. The van der Waals surface area contributed by atoms with Crippen molar-refractivity contribution in [3.05, 3.63) is 141 Å². The largest absolute Gasteiger partial charge is 0.506 e. The number of aromatic nitrogens is 1. The van der Waals surface area contributed by atoms with Gasteiger partial charge in [-0.1, -0.05) is 72.8 Å². The number of fused-ring (bicyclic) bond motifs is 4. The molecule has 50 heavy (non-hydrogen) atoms. The van der Waals surface area contributed by atoms with Crippen molar-refractivity contribution in [3.63, 3.8) is 0 Å². The zero-order valence-corrected chi connectivity index (χ0v) is 27.7. The van der Waals surface area contributed by atoms with Gasteiger partial charge in [-0.2, -0.15) is 0 Å². The van der Waals surface area contributed by atoms with E-state index in [1.807, 2.05) is 78.9 Å². The van der Waals surface area contributed by atoms with Gasteiger partial charge in [-0.3, -0.25) is 9.69 Å². The van der Waals surface area contributed by atoms with Crippen LogP contribution in [-0.2, 0) is 13.2 Å². The average Bonchev–Trinajstić information content (AvgIpc) is 3.14. The van der Waals surface area contributed by atoms with Gasteiger partial charge < -0.3 is 35.3 Å². The maximum Gasteiger partial charge on any atom is 0.408 e. The number of H-pyrrole nitrogens is 1. The molecule has 0 saturated carbocycles. The Balaban J connectivity index is 0.994. The van der Waals surface area contributed by atoms with Crippen LogP contribution in [0, 0.1) is 5.92 Å². The number of pyridine rings is 1. The number of benzene rings is 4. The lowest BCUT2D eigenvalue weighted by Crippen LogP contribution is -2.59. The van der Waals surface area contributed by atoms with Gasteiger partial charge in [-0.15, -0.1) is 0 Å². The maximum absolute atomic E-state index is 13.0. The number of aromatic hydroxyl groups is 1. The second-order valence-corrected chi connectivity index (χ2v) is 13.3. The highest BCUT2D eigenvalue weighted by Gasteiger charge is 2.43. The number of carbonyl (C=O) groups is 1. The highest BCUT2D eigenvalue weighted by Crippen LogP contribution is 2.39. The number of aromatic amines is 1. The first-order chi connectivity index (χ1) is 24.3. The van der Waals surface area contributed by atoms with E-state index in [0.717, 1.165) is 54.7 Å². The van der Waals surface area contributed by atoms with E-state index in [0.29, 0.717) is 41.3 Å². The number of nitrogens with zero attached hydrogens (tertiary/aromatic N) is 2. The molecule has 10 nitrogen and oxygen atoms in total. The summed E-state index contributed by atoms with van der Waals surface area (Å²) in [5.74, 6) is 0.991. The molecule has 258 valence electrons.